The zero-order valence-electron chi connectivity index (χ0n) is 17.3. The first-order valence-corrected chi connectivity index (χ1v) is 10.5. The molecule has 29 heavy (non-hydrogen) atoms. The fraction of sp³-hybridized carbons (Fsp3) is 0.250. The van der Waals surface area contributed by atoms with Crippen LogP contribution in [0.15, 0.2) is 41.3 Å². The van der Waals surface area contributed by atoms with Crippen molar-refractivity contribution < 1.29 is 18.8 Å². The van der Waals surface area contributed by atoms with E-state index >= 15 is 0 Å². The molecule has 1 saturated carbocycles. The van der Waals surface area contributed by atoms with Crippen LogP contribution in [0.25, 0.3) is 0 Å². The Morgan fingerprint density at radius 3 is 2.31 bits per heavy atom. The lowest BCUT2D eigenvalue weighted by Gasteiger charge is -2.25. The Bertz CT molecular complexity index is 925. The van der Waals surface area contributed by atoms with E-state index < -0.39 is 16.8 Å². The molecule has 1 aliphatic rings. The number of rotatable bonds is 4. The third kappa shape index (κ3) is 4.72. The van der Waals surface area contributed by atoms with Gasteiger partial charge in [-0.2, -0.15) is 0 Å². The molecule has 1 fully saturated rings. The zero-order valence-corrected chi connectivity index (χ0v) is 18.1. The van der Waals surface area contributed by atoms with Gasteiger partial charge in [0.25, 0.3) is 0 Å². The van der Waals surface area contributed by atoms with Crippen LogP contribution in [0.4, 0.5) is 0 Å². The van der Waals surface area contributed by atoms with E-state index in [9.17, 15) is 14.1 Å². The van der Waals surface area contributed by atoms with Crippen molar-refractivity contribution in [3.05, 3.63) is 83.5 Å². The summed E-state index contributed by atoms with van der Waals surface area (Å²) in [6.45, 7) is 9.23. The zero-order chi connectivity index (χ0) is 21.3. The summed E-state index contributed by atoms with van der Waals surface area (Å²) in [5, 5.41) is 11.2. The van der Waals surface area contributed by atoms with Crippen LogP contribution >= 0.6 is 0 Å². The number of phenolic OH excluding ortho intramolecular Hbond substituents is 1. The van der Waals surface area contributed by atoms with Crippen LogP contribution in [0.3, 0.4) is 0 Å². The summed E-state index contributed by atoms with van der Waals surface area (Å²) in [5.41, 5.74) is 1.96. The maximum Gasteiger partial charge on any atom is 0.308 e. The van der Waals surface area contributed by atoms with Crippen molar-refractivity contribution in [1.82, 2.24) is 0 Å². The van der Waals surface area contributed by atoms with Crippen molar-refractivity contribution in [3.8, 4) is 11.5 Å². The van der Waals surface area contributed by atoms with Crippen LogP contribution in [0.5, 0.6) is 11.5 Å². The van der Waals surface area contributed by atoms with Crippen molar-refractivity contribution in [3.63, 3.8) is 0 Å². The van der Waals surface area contributed by atoms with Crippen LogP contribution < -0.4 is 4.74 Å². The van der Waals surface area contributed by atoms with Gasteiger partial charge in [0, 0.05) is 28.9 Å². The van der Waals surface area contributed by atoms with Gasteiger partial charge in [-0.1, -0.05) is 38.5 Å². The minimum atomic E-state index is -1.41. The number of ether oxygens (including phenoxy) is 1. The third-order valence-electron chi connectivity index (χ3n) is 4.66. The molecule has 3 rings (SSSR count). The van der Waals surface area contributed by atoms with Gasteiger partial charge in [-0.25, -0.2) is 0 Å². The van der Waals surface area contributed by atoms with E-state index in [0.717, 1.165) is 5.56 Å². The van der Waals surface area contributed by atoms with Gasteiger partial charge in [0.05, 0.1) is 16.0 Å². The van der Waals surface area contributed by atoms with Crippen LogP contribution in [-0.2, 0) is 21.0 Å². The Labute approximate surface area is 175 Å². The van der Waals surface area contributed by atoms with Gasteiger partial charge in [0.2, 0.25) is 0 Å². The summed E-state index contributed by atoms with van der Waals surface area (Å²) in [6, 6.07) is 10.8. The predicted molar refractivity (Wildman–Crippen MR) is 114 cm³/mol. The smallest absolute Gasteiger partial charge is 0.308 e. The van der Waals surface area contributed by atoms with Crippen LogP contribution in [0.1, 0.15) is 44.4 Å². The summed E-state index contributed by atoms with van der Waals surface area (Å²) in [4.78, 5) is 12.4. The molecule has 1 aliphatic carbocycles. The van der Waals surface area contributed by atoms with Crippen LogP contribution in [0.2, 0.25) is 0 Å². The van der Waals surface area contributed by atoms with Crippen molar-refractivity contribution in [2.24, 2.45) is 0 Å². The second-order valence-electron chi connectivity index (χ2n) is 8.09. The van der Waals surface area contributed by atoms with E-state index in [1.54, 1.807) is 18.6 Å². The standard InChI is InChI=1S/C24H25O4S/c1-15-9-11-17(12-10-15)29(27)23-8-6-7-18(23)19-13-21(26)20(24(3,4)5)14-22(19)28-16(2)25/h6-14,26H,1-5H3/t29-/m0/s1. The molecule has 0 aliphatic heterocycles. The van der Waals surface area contributed by atoms with Crippen LogP contribution in [0, 0.1) is 37.4 Å². The Hall–Kier alpha value is -2.14. The van der Waals surface area contributed by atoms with E-state index in [4.69, 9.17) is 4.74 Å². The Morgan fingerprint density at radius 1 is 1.07 bits per heavy atom. The highest BCUT2D eigenvalue weighted by Crippen LogP contribution is 2.48. The first-order chi connectivity index (χ1) is 13.6. The van der Waals surface area contributed by atoms with E-state index in [1.165, 1.54) is 6.92 Å². The molecule has 1 N–H and O–H groups in total. The summed E-state index contributed by atoms with van der Waals surface area (Å²) in [7, 11) is -1.41. The van der Waals surface area contributed by atoms with Gasteiger partial charge in [-0.15, -0.1) is 0 Å². The number of hydrogen-bond acceptors (Lipinski definition) is 4. The highest BCUT2D eigenvalue weighted by atomic mass is 32.2. The third-order valence-corrected chi connectivity index (χ3v) is 6.12. The monoisotopic (exact) mass is 409 g/mol. The lowest BCUT2D eigenvalue weighted by molar-refractivity contribution is -0.131. The molecular formula is C24H25O4S. The molecule has 0 bridgehead atoms. The average molecular weight is 410 g/mol. The fourth-order valence-electron chi connectivity index (χ4n) is 3.20. The maximum atomic E-state index is 13.2. The van der Waals surface area contributed by atoms with E-state index in [1.807, 2.05) is 64.8 Å². The van der Waals surface area contributed by atoms with Gasteiger partial charge >= 0.3 is 5.97 Å². The van der Waals surface area contributed by atoms with Crippen molar-refractivity contribution >= 4 is 16.8 Å². The molecule has 2 aromatic carbocycles. The number of esters is 1. The molecular weight excluding hydrogens is 384 g/mol. The topological polar surface area (TPSA) is 63.6 Å². The maximum absolute atomic E-state index is 13.2. The van der Waals surface area contributed by atoms with E-state index in [-0.39, 0.29) is 11.2 Å². The molecule has 0 spiro atoms. The lowest BCUT2D eigenvalue weighted by atomic mass is 9.84. The minimum absolute atomic E-state index is 0.108. The Kier molecular flexibility index (Phi) is 6.18. The highest BCUT2D eigenvalue weighted by Gasteiger charge is 2.38. The van der Waals surface area contributed by atoms with Gasteiger partial charge in [0.15, 0.2) is 0 Å². The number of aromatic hydroxyl groups is 1. The number of carbonyl (C=O) groups is 1. The van der Waals surface area contributed by atoms with Crippen molar-refractivity contribution in [2.75, 3.05) is 0 Å². The van der Waals surface area contributed by atoms with Crippen LogP contribution in [-0.4, -0.2) is 15.3 Å². The molecule has 0 amide bonds. The fourth-order valence-corrected chi connectivity index (χ4v) is 4.41. The molecule has 0 aromatic heterocycles. The van der Waals surface area contributed by atoms with Crippen molar-refractivity contribution in [1.29, 1.82) is 0 Å². The summed E-state index contributed by atoms with van der Waals surface area (Å²) >= 11 is 0. The predicted octanol–water partition coefficient (Wildman–Crippen LogP) is 4.81. The number of aryl methyl sites for hydroxylation is 1. The highest BCUT2D eigenvalue weighted by molar-refractivity contribution is 7.88. The van der Waals surface area contributed by atoms with Crippen molar-refractivity contribution in [2.45, 2.75) is 44.9 Å². The first-order valence-electron chi connectivity index (χ1n) is 9.38. The van der Waals surface area contributed by atoms with Gasteiger partial charge in [0.1, 0.15) is 11.5 Å². The SMILES string of the molecule is CC(=O)Oc1cc(C(C)(C)C)c(O)cc1[C]1[CH][CH][CH][C]1[S@@](=O)c1ccc(C)cc1. The lowest BCUT2D eigenvalue weighted by Crippen LogP contribution is -2.17. The summed E-state index contributed by atoms with van der Waals surface area (Å²) in [5.74, 6) is 0.658. The molecule has 151 valence electrons. The largest absolute Gasteiger partial charge is 0.508 e. The molecule has 0 heterocycles. The molecule has 5 radical (unpaired) electrons. The van der Waals surface area contributed by atoms with E-state index in [0.29, 0.717) is 32.9 Å². The second-order valence-corrected chi connectivity index (χ2v) is 9.54. The second kappa shape index (κ2) is 8.31. The molecule has 0 unspecified atom stereocenters. The number of hydrogen-bond donors (Lipinski definition) is 1. The molecule has 2 aromatic rings. The Balaban J connectivity index is 2.03. The van der Waals surface area contributed by atoms with Gasteiger partial charge in [-0.3, -0.25) is 9.00 Å². The van der Waals surface area contributed by atoms with E-state index in [2.05, 4.69) is 0 Å². The molecule has 1 atom stereocenters. The summed E-state index contributed by atoms with van der Waals surface area (Å²) < 4.78 is 18.7. The minimum Gasteiger partial charge on any atom is -0.508 e. The quantitative estimate of drug-likeness (QED) is 0.581. The number of phenols is 1. The number of benzene rings is 2. The van der Waals surface area contributed by atoms with Gasteiger partial charge < -0.3 is 9.84 Å². The number of carbonyl (C=O) groups excluding carboxylic acids is 1. The Morgan fingerprint density at radius 2 is 1.72 bits per heavy atom. The molecule has 5 heteroatoms. The molecule has 4 nitrogen and oxygen atoms in total. The summed E-state index contributed by atoms with van der Waals surface area (Å²) in [6.07, 6.45) is 5.42. The van der Waals surface area contributed by atoms with Gasteiger partial charge in [-0.05, 0) is 55.9 Å². The normalized spacial score (nSPS) is 16.7. The average Bonchev–Trinajstić information content (AvgIpc) is 3.11. The first kappa shape index (κ1) is 21.6. The molecule has 0 saturated heterocycles.